The van der Waals surface area contributed by atoms with Crippen molar-refractivity contribution in [2.75, 3.05) is 6.61 Å². The van der Waals surface area contributed by atoms with Gasteiger partial charge in [-0.3, -0.25) is 0 Å². The second-order valence-electron chi connectivity index (χ2n) is 4.20. The SMILES string of the molecule is CCOC(=O)C1=CN(Cc2nc(C)no2)S(=O)(=O)N=C1C. The van der Waals surface area contributed by atoms with Gasteiger partial charge in [0.1, 0.15) is 6.54 Å². The van der Waals surface area contributed by atoms with Gasteiger partial charge in [-0.05, 0) is 20.8 Å². The molecule has 0 unspecified atom stereocenters. The van der Waals surface area contributed by atoms with E-state index in [2.05, 4.69) is 14.5 Å². The number of carbonyl (C=O) groups is 1. The lowest BCUT2D eigenvalue weighted by Gasteiger charge is -2.21. The van der Waals surface area contributed by atoms with Crippen LogP contribution in [0.1, 0.15) is 25.6 Å². The van der Waals surface area contributed by atoms with Crippen molar-refractivity contribution in [1.29, 1.82) is 0 Å². The average molecular weight is 314 g/mol. The van der Waals surface area contributed by atoms with Crippen molar-refractivity contribution < 1.29 is 22.5 Å². The Bertz CT molecular complexity index is 719. The summed E-state index contributed by atoms with van der Waals surface area (Å²) >= 11 is 0. The molecular formula is C11H14N4O5S. The number of hydrogen-bond acceptors (Lipinski definition) is 7. The maximum atomic E-state index is 12.0. The van der Waals surface area contributed by atoms with Gasteiger partial charge in [-0.25, -0.2) is 9.10 Å². The fourth-order valence-electron chi connectivity index (χ4n) is 1.65. The third-order valence-corrected chi connectivity index (χ3v) is 3.90. The molecule has 2 heterocycles. The lowest BCUT2D eigenvalue weighted by atomic mass is 10.2. The molecule has 10 heteroatoms. The monoisotopic (exact) mass is 314 g/mol. The molecule has 0 saturated heterocycles. The van der Waals surface area contributed by atoms with Crippen LogP contribution >= 0.6 is 0 Å². The molecule has 21 heavy (non-hydrogen) atoms. The summed E-state index contributed by atoms with van der Waals surface area (Å²) in [7, 11) is -3.93. The van der Waals surface area contributed by atoms with Gasteiger partial charge >= 0.3 is 16.2 Å². The Morgan fingerprint density at radius 2 is 2.14 bits per heavy atom. The van der Waals surface area contributed by atoms with Gasteiger partial charge in [0.05, 0.1) is 17.9 Å². The minimum atomic E-state index is -3.93. The van der Waals surface area contributed by atoms with Gasteiger partial charge in [-0.2, -0.15) is 13.4 Å². The van der Waals surface area contributed by atoms with E-state index >= 15 is 0 Å². The Labute approximate surface area is 121 Å². The molecule has 2 rings (SSSR count). The molecule has 1 aliphatic heterocycles. The Morgan fingerprint density at radius 1 is 1.43 bits per heavy atom. The van der Waals surface area contributed by atoms with Gasteiger partial charge < -0.3 is 9.26 Å². The molecule has 114 valence electrons. The first kappa shape index (κ1) is 15.2. The summed E-state index contributed by atoms with van der Waals surface area (Å²) in [6, 6.07) is 0. The van der Waals surface area contributed by atoms with Crippen LogP contribution in [-0.4, -0.2) is 41.2 Å². The van der Waals surface area contributed by atoms with Crippen LogP contribution < -0.4 is 0 Å². The standard InChI is InChI=1S/C11H14N4O5S/c1-4-19-11(16)9-5-15(21(17,18)14-7(9)2)6-10-12-8(3)13-20-10/h5H,4,6H2,1-3H3. The van der Waals surface area contributed by atoms with E-state index in [0.29, 0.717) is 5.82 Å². The summed E-state index contributed by atoms with van der Waals surface area (Å²) in [5.74, 6) is -0.153. The van der Waals surface area contributed by atoms with Gasteiger partial charge in [0.2, 0.25) is 5.89 Å². The molecular weight excluding hydrogens is 300 g/mol. The first-order chi connectivity index (χ1) is 9.83. The van der Waals surface area contributed by atoms with Crippen molar-refractivity contribution in [2.45, 2.75) is 27.3 Å². The van der Waals surface area contributed by atoms with E-state index in [1.165, 1.54) is 6.92 Å². The maximum absolute atomic E-state index is 12.0. The van der Waals surface area contributed by atoms with E-state index in [-0.39, 0.29) is 30.3 Å². The van der Waals surface area contributed by atoms with Crippen LogP contribution in [0.3, 0.4) is 0 Å². The van der Waals surface area contributed by atoms with Crippen LogP contribution in [0.15, 0.2) is 20.7 Å². The van der Waals surface area contributed by atoms with Crippen molar-refractivity contribution >= 4 is 21.9 Å². The maximum Gasteiger partial charge on any atom is 0.344 e. The zero-order valence-corrected chi connectivity index (χ0v) is 12.5. The van der Waals surface area contributed by atoms with Gasteiger partial charge in [0.15, 0.2) is 5.82 Å². The van der Waals surface area contributed by atoms with E-state index in [4.69, 9.17) is 9.26 Å². The number of rotatable bonds is 4. The molecule has 1 aromatic heterocycles. The minimum absolute atomic E-state index is 0.0721. The summed E-state index contributed by atoms with van der Waals surface area (Å²) in [6.45, 7) is 4.67. The first-order valence-corrected chi connectivity index (χ1v) is 7.50. The largest absolute Gasteiger partial charge is 0.462 e. The van der Waals surface area contributed by atoms with Gasteiger partial charge in [0.25, 0.3) is 0 Å². The molecule has 0 N–H and O–H groups in total. The topological polar surface area (TPSA) is 115 Å². The van der Waals surface area contributed by atoms with Crippen molar-refractivity contribution in [3.8, 4) is 0 Å². The van der Waals surface area contributed by atoms with Crippen molar-refractivity contribution in [3.63, 3.8) is 0 Å². The van der Waals surface area contributed by atoms with E-state index in [0.717, 1.165) is 10.5 Å². The highest BCUT2D eigenvalue weighted by Gasteiger charge is 2.30. The van der Waals surface area contributed by atoms with E-state index in [1.807, 2.05) is 0 Å². The van der Waals surface area contributed by atoms with Crippen molar-refractivity contribution in [2.24, 2.45) is 4.40 Å². The Balaban J connectivity index is 2.32. The molecule has 0 spiro atoms. The number of aryl methyl sites for hydroxylation is 1. The van der Waals surface area contributed by atoms with Crippen molar-refractivity contribution in [1.82, 2.24) is 14.4 Å². The van der Waals surface area contributed by atoms with Crippen LogP contribution in [-0.2, 0) is 26.3 Å². The summed E-state index contributed by atoms with van der Waals surface area (Å²) in [5.41, 5.74) is 0.148. The Hall–Kier alpha value is -2.23. The normalized spacial score (nSPS) is 17.2. The fraction of sp³-hybridized carbons (Fsp3) is 0.455. The number of aromatic nitrogens is 2. The number of nitrogens with zero attached hydrogens (tertiary/aromatic N) is 4. The molecule has 0 bridgehead atoms. The highest BCUT2D eigenvalue weighted by atomic mass is 32.2. The van der Waals surface area contributed by atoms with Crippen LogP contribution in [0.4, 0.5) is 0 Å². The summed E-state index contributed by atoms with van der Waals surface area (Å²) < 4.78 is 38.1. The molecule has 0 amide bonds. The highest BCUT2D eigenvalue weighted by molar-refractivity contribution is 7.88. The second-order valence-corrected chi connectivity index (χ2v) is 5.75. The molecule has 0 saturated carbocycles. The molecule has 1 aliphatic rings. The zero-order valence-electron chi connectivity index (χ0n) is 11.7. The number of carbonyl (C=O) groups excluding carboxylic acids is 1. The molecule has 0 radical (unpaired) electrons. The zero-order chi connectivity index (χ0) is 15.6. The molecule has 0 aromatic carbocycles. The number of hydrogen-bond donors (Lipinski definition) is 0. The lowest BCUT2D eigenvalue weighted by Crippen LogP contribution is -2.31. The van der Waals surface area contributed by atoms with Gasteiger partial charge in [0, 0.05) is 6.20 Å². The summed E-state index contributed by atoms with van der Waals surface area (Å²) in [6.07, 6.45) is 1.16. The Morgan fingerprint density at radius 3 is 2.71 bits per heavy atom. The fourth-order valence-corrected chi connectivity index (χ4v) is 2.71. The number of esters is 1. The third-order valence-electron chi connectivity index (χ3n) is 2.57. The van der Waals surface area contributed by atoms with Crippen LogP contribution in [0.25, 0.3) is 0 Å². The van der Waals surface area contributed by atoms with E-state index in [9.17, 15) is 13.2 Å². The second kappa shape index (κ2) is 5.64. The average Bonchev–Trinajstić information content (AvgIpc) is 2.78. The predicted octanol–water partition coefficient (Wildman–Crippen LogP) is 0.346. The summed E-state index contributed by atoms with van der Waals surface area (Å²) in [5, 5.41) is 3.57. The highest BCUT2D eigenvalue weighted by Crippen LogP contribution is 2.19. The predicted molar refractivity (Wildman–Crippen MR) is 71.3 cm³/mol. The quantitative estimate of drug-likeness (QED) is 0.736. The first-order valence-electron chi connectivity index (χ1n) is 6.10. The Kier molecular flexibility index (Phi) is 4.07. The van der Waals surface area contributed by atoms with Crippen LogP contribution in [0.5, 0.6) is 0 Å². The lowest BCUT2D eigenvalue weighted by molar-refractivity contribution is -0.137. The van der Waals surface area contributed by atoms with Crippen molar-refractivity contribution in [3.05, 3.63) is 23.5 Å². The third kappa shape index (κ3) is 3.27. The van der Waals surface area contributed by atoms with Crippen LogP contribution in [0.2, 0.25) is 0 Å². The minimum Gasteiger partial charge on any atom is -0.462 e. The van der Waals surface area contributed by atoms with Crippen LogP contribution in [0, 0.1) is 6.92 Å². The molecule has 0 aliphatic carbocycles. The smallest absolute Gasteiger partial charge is 0.344 e. The van der Waals surface area contributed by atoms with E-state index in [1.54, 1.807) is 13.8 Å². The van der Waals surface area contributed by atoms with Gasteiger partial charge in [-0.15, -0.1) is 4.40 Å². The summed E-state index contributed by atoms with van der Waals surface area (Å²) in [4.78, 5) is 15.7. The van der Waals surface area contributed by atoms with E-state index < -0.39 is 16.2 Å². The molecule has 1 aromatic rings. The van der Waals surface area contributed by atoms with Gasteiger partial charge in [-0.1, -0.05) is 5.16 Å². The molecule has 9 nitrogen and oxygen atoms in total. The molecule has 0 fully saturated rings. The molecule has 0 atom stereocenters. The number of ether oxygens (including phenoxy) is 1.